The van der Waals surface area contributed by atoms with Gasteiger partial charge in [-0.15, -0.1) is 0 Å². The molecule has 160 valence electrons. The highest BCUT2D eigenvalue weighted by molar-refractivity contribution is 5.85. The third-order valence-corrected chi connectivity index (χ3v) is 5.38. The second kappa shape index (κ2) is 8.58. The number of carboxylic acids is 1. The van der Waals surface area contributed by atoms with Crippen LogP contribution in [0.4, 0.5) is 9.18 Å². The predicted octanol–water partition coefficient (Wildman–Crippen LogP) is 3.04. The molecule has 8 nitrogen and oxygen atoms in total. The number of methoxy groups -OCH3 is 1. The van der Waals surface area contributed by atoms with Gasteiger partial charge in [-0.3, -0.25) is 4.90 Å². The molecule has 0 saturated carbocycles. The number of hydrogen-bond donors (Lipinski definition) is 3. The fraction of sp³-hybridized carbons (Fsp3) is 0.333. The molecule has 1 aliphatic rings. The van der Waals surface area contributed by atoms with Gasteiger partial charge in [0, 0.05) is 5.56 Å². The first-order chi connectivity index (χ1) is 14.3. The molecule has 2 atom stereocenters. The topological polar surface area (TPSA) is 117 Å². The Morgan fingerprint density at radius 2 is 1.93 bits per heavy atom. The summed E-state index contributed by atoms with van der Waals surface area (Å²) in [5.41, 5.74) is -1.03. The number of hydrogen-bond acceptors (Lipinski definition) is 5. The van der Waals surface area contributed by atoms with Crippen LogP contribution in [0.3, 0.4) is 0 Å². The predicted molar refractivity (Wildman–Crippen MR) is 103 cm³/mol. The Hall–Kier alpha value is -3.33. The molecule has 30 heavy (non-hydrogen) atoms. The molecule has 3 N–H and O–H groups in total. The van der Waals surface area contributed by atoms with Crippen LogP contribution in [0.2, 0.25) is 0 Å². The van der Waals surface area contributed by atoms with Gasteiger partial charge in [0.1, 0.15) is 12.4 Å². The summed E-state index contributed by atoms with van der Waals surface area (Å²) in [6.07, 6.45) is -1.24. The van der Waals surface area contributed by atoms with Gasteiger partial charge < -0.3 is 24.8 Å². The minimum atomic E-state index is -1.90. The Morgan fingerprint density at radius 1 is 1.20 bits per heavy atom. The maximum Gasteiger partial charge on any atom is 0.408 e. The SMILES string of the molecule is COc1cc([C@H]2CC[C@@](CO)(C(=O)O)N2C(=O)O)ccc1OCc1ccccc1F. The first-order valence-corrected chi connectivity index (χ1v) is 9.24. The van der Waals surface area contributed by atoms with Crippen molar-refractivity contribution in [3.05, 3.63) is 59.4 Å². The fourth-order valence-electron chi connectivity index (χ4n) is 3.77. The highest BCUT2D eigenvalue weighted by Crippen LogP contribution is 2.44. The Balaban J connectivity index is 1.87. The van der Waals surface area contributed by atoms with Crippen LogP contribution in [0.15, 0.2) is 42.5 Å². The third kappa shape index (κ3) is 3.76. The monoisotopic (exact) mass is 419 g/mol. The van der Waals surface area contributed by atoms with E-state index in [9.17, 15) is 29.3 Å². The van der Waals surface area contributed by atoms with Gasteiger partial charge in [-0.25, -0.2) is 14.0 Å². The molecule has 2 aromatic rings. The maximum atomic E-state index is 13.8. The number of aliphatic carboxylic acids is 1. The molecular weight excluding hydrogens is 397 g/mol. The van der Waals surface area contributed by atoms with E-state index in [-0.39, 0.29) is 19.4 Å². The van der Waals surface area contributed by atoms with Crippen molar-refractivity contribution in [2.75, 3.05) is 13.7 Å². The lowest BCUT2D eigenvalue weighted by Gasteiger charge is -2.34. The van der Waals surface area contributed by atoms with Crippen LogP contribution in [-0.4, -0.2) is 51.5 Å². The second-order valence-electron chi connectivity index (χ2n) is 6.99. The summed E-state index contributed by atoms with van der Waals surface area (Å²) in [5, 5.41) is 28.8. The average Bonchev–Trinajstić information content (AvgIpc) is 3.14. The van der Waals surface area contributed by atoms with E-state index in [0.717, 1.165) is 4.90 Å². The zero-order valence-electron chi connectivity index (χ0n) is 16.2. The number of aliphatic hydroxyl groups excluding tert-OH is 1. The third-order valence-electron chi connectivity index (χ3n) is 5.38. The lowest BCUT2D eigenvalue weighted by molar-refractivity contribution is -0.152. The lowest BCUT2D eigenvalue weighted by Crippen LogP contribution is -2.55. The van der Waals surface area contributed by atoms with Crippen molar-refractivity contribution in [1.82, 2.24) is 4.90 Å². The fourth-order valence-corrected chi connectivity index (χ4v) is 3.77. The highest BCUT2D eigenvalue weighted by Gasteiger charge is 2.54. The van der Waals surface area contributed by atoms with E-state index in [0.29, 0.717) is 22.6 Å². The number of rotatable bonds is 7. The molecule has 0 unspecified atom stereocenters. The summed E-state index contributed by atoms with van der Waals surface area (Å²) >= 11 is 0. The van der Waals surface area contributed by atoms with Gasteiger partial charge in [-0.05, 0) is 36.6 Å². The van der Waals surface area contributed by atoms with Crippen LogP contribution in [0.5, 0.6) is 11.5 Å². The van der Waals surface area contributed by atoms with Gasteiger partial charge in [-0.1, -0.05) is 24.3 Å². The Bertz CT molecular complexity index is 951. The Kier molecular flexibility index (Phi) is 6.12. The summed E-state index contributed by atoms with van der Waals surface area (Å²) in [6, 6.07) is 10.2. The van der Waals surface area contributed by atoms with E-state index in [1.165, 1.54) is 13.2 Å². The van der Waals surface area contributed by atoms with Crippen LogP contribution in [0.1, 0.15) is 30.0 Å². The number of halogens is 1. The van der Waals surface area contributed by atoms with Crippen LogP contribution in [-0.2, 0) is 11.4 Å². The van der Waals surface area contributed by atoms with E-state index < -0.39 is 36.1 Å². The maximum absolute atomic E-state index is 13.8. The van der Waals surface area contributed by atoms with Gasteiger partial charge in [0.05, 0.1) is 19.8 Å². The second-order valence-corrected chi connectivity index (χ2v) is 6.99. The van der Waals surface area contributed by atoms with Crippen molar-refractivity contribution >= 4 is 12.1 Å². The molecule has 0 radical (unpaired) electrons. The lowest BCUT2D eigenvalue weighted by atomic mass is 9.98. The van der Waals surface area contributed by atoms with Crippen LogP contribution >= 0.6 is 0 Å². The summed E-state index contributed by atoms with van der Waals surface area (Å²) in [7, 11) is 1.41. The summed E-state index contributed by atoms with van der Waals surface area (Å²) in [4.78, 5) is 24.3. The molecule has 1 heterocycles. The van der Waals surface area contributed by atoms with Crippen molar-refractivity contribution in [3.8, 4) is 11.5 Å². The Labute approximate surface area is 172 Å². The zero-order chi connectivity index (χ0) is 21.9. The normalized spacial score (nSPS) is 20.8. The van der Waals surface area contributed by atoms with E-state index in [2.05, 4.69) is 0 Å². The molecule has 0 aliphatic carbocycles. The van der Waals surface area contributed by atoms with Gasteiger partial charge >= 0.3 is 12.1 Å². The van der Waals surface area contributed by atoms with E-state index in [1.807, 2.05) is 0 Å². The van der Waals surface area contributed by atoms with Gasteiger partial charge in [0.2, 0.25) is 0 Å². The quantitative estimate of drug-likeness (QED) is 0.632. The molecule has 2 aromatic carbocycles. The number of nitrogens with zero attached hydrogens (tertiary/aromatic N) is 1. The number of aliphatic hydroxyl groups is 1. The molecule has 0 aromatic heterocycles. The molecule has 1 fully saturated rings. The molecular formula is C21H22FNO7. The molecule has 1 aliphatic heterocycles. The van der Waals surface area contributed by atoms with Crippen molar-refractivity contribution in [2.45, 2.75) is 31.0 Å². The van der Waals surface area contributed by atoms with E-state index >= 15 is 0 Å². The Morgan fingerprint density at radius 3 is 2.53 bits per heavy atom. The average molecular weight is 419 g/mol. The van der Waals surface area contributed by atoms with E-state index in [4.69, 9.17) is 9.47 Å². The number of benzene rings is 2. The van der Waals surface area contributed by atoms with Crippen LogP contribution in [0, 0.1) is 5.82 Å². The van der Waals surface area contributed by atoms with Gasteiger partial charge in [0.15, 0.2) is 17.0 Å². The van der Waals surface area contributed by atoms with Crippen molar-refractivity contribution in [3.63, 3.8) is 0 Å². The molecule has 3 rings (SSSR count). The molecule has 9 heteroatoms. The number of amides is 1. The minimum absolute atomic E-state index is 0.0242. The standard InChI is InChI=1S/C21H22FNO7/c1-29-18-10-13(6-7-17(18)30-11-14-4-2-3-5-15(14)22)16-8-9-21(12-24,19(25)26)23(16)20(27)28/h2-7,10,16,24H,8-9,11-12H2,1H3,(H,25,26)(H,27,28)/t16-,21-/m1/s1. The molecule has 1 saturated heterocycles. The molecule has 0 bridgehead atoms. The number of carbonyl (C=O) groups is 2. The van der Waals surface area contributed by atoms with Crippen LogP contribution < -0.4 is 9.47 Å². The number of likely N-dealkylation sites (tertiary alicyclic amines) is 1. The number of carboxylic acid groups (broad SMARTS) is 2. The summed E-state index contributed by atoms with van der Waals surface area (Å²) in [6.45, 7) is -0.855. The molecule has 0 spiro atoms. The summed E-state index contributed by atoms with van der Waals surface area (Å²) in [5.74, 6) is -1.17. The van der Waals surface area contributed by atoms with Crippen molar-refractivity contribution < 1.29 is 38.8 Å². The number of ether oxygens (including phenoxy) is 2. The zero-order valence-corrected chi connectivity index (χ0v) is 16.2. The summed E-state index contributed by atoms with van der Waals surface area (Å²) < 4.78 is 24.8. The largest absolute Gasteiger partial charge is 0.493 e. The van der Waals surface area contributed by atoms with E-state index in [1.54, 1.807) is 36.4 Å². The van der Waals surface area contributed by atoms with Gasteiger partial charge in [-0.2, -0.15) is 0 Å². The highest BCUT2D eigenvalue weighted by atomic mass is 19.1. The minimum Gasteiger partial charge on any atom is -0.493 e. The van der Waals surface area contributed by atoms with Crippen LogP contribution in [0.25, 0.3) is 0 Å². The van der Waals surface area contributed by atoms with Crippen molar-refractivity contribution in [2.24, 2.45) is 0 Å². The smallest absolute Gasteiger partial charge is 0.408 e. The first-order valence-electron chi connectivity index (χ1n) is 9.24. The van der Waals surface area contributed by atoms with Gasteiger partial charge in [0.25, 0.3) is 0 Å². The first kappa shape index (κ1) is 21.4. The van der Waals surface area contributed by atoms with Crippen molar-refractivity contribution in [1.29, 1.82) is 0 Å². The molecule has 1 amide bonds.